The Hall–Kier alpha value is -1.30. The van der Waals surface area contributed by atoms with Crippen LogP contribution in [0.15, 0.2) is 22.8 Å². The summed E-state index contributed by atoms with van der Waals surface area (Å²) in [5.41, 5.74) is -0.0463. The quantitative estimate of drug-likeness (QED) is 0.468. The van der Waals surface area contributed by atoms with Crippen LogP contribution in [0.1, 0.15) is 5.56 Å². The second-order valence-corrected chi connectivity index (χ2v) is 3.16. The fraction of sp³-hybridized carbons (Fsp3) is 0. The van der Waals surface area contributed by atoms with Gasteiger partial charge in [0.1, 0.15) is 11.6 Å². The van der Waals surface area contributed by atoms with Crippen LogP contribution in [0.5, 0.6) is 0 Å². The van der Waals surface area contributed by atoms with E-state index < -0.39 is 16.6 Å². The van der Waals surface area contributed by atoms with Crippen molar-refractivity contribution in [2.45, 2.75) is 0 Å². The molecule has 0 saturated heterocycles. The molecule has 6 heteroatoms. The van der Waals surface area contributed by atoms with Crippen LogP contribution in [0.4, 0.5) is 8.78 Å². The van der Waals surface area contributed by atoms with Crippen LogP contribution in [-0.2, 0) is 0 Å². The van der Waals surface area contributed by atoms with Crippen LogP contribution in [0, 0.1) is 21.7 Å². The molecular formula is C8H4BrF2NO2. The van der Waals surface area contributed by atoms with Crippen molar-refractivity contribution in [3.63, 3.8) is 0 Å². The minimum Gasteiger partial charge on any atom is -0.259 e. The molecule has 0 spiro atoms. The number of hydrogen-bond donors (Lipinski definition) is 0. The lowest BCUT2D eigenvalue weighted by molar-refractivity contribution is -0.400. The fourth-order valence-corrected chi connectivity index (χ4v) is 1.17. The third kappa shape index (κ3) is 2.35. The Bertz CT molecular complexity index is 407. The number of nitrogens with zero attached hydrogens (tertiary/aromatic N) is 1. The van der Waals surface area contributed by atoms with Gasteiger partial charge in [-0.05, 0) is 28.1 Å². The number of halogens is 3. The van der Waals surface area contributed by atoms with E-state index in [2.05, 4.69) is 15.9 Å². The second-order valence-electron chi connectivity index (χ2n) is 2.37. The molecule has 1 aromatic rings. The summed E-state index contributed by atoms with van der Waals surface area (Å²) in [6, 6.07) is 2.14. The molecular weight excluding hydrogens is 260 g/mol. The predicted molar refractivity (Wildman–Crippen MR) is 50.1 cm³/mol. The van der Waals surface area contributed by atoms with E-state index in [0.717, 1.165) is 18.2 Å². The van der Waals surface area contributed by atoms with E-state index in [1.54, 1.807) is 0 Å². The van der Waals surface area contributed by atoms with Crippen molar-refractivity contribution in [1.29, 1.82) is 0 Å². The summed E-state index contributed by atoms with van der Waals surface area (Å²) >= 11 is 2.68. The molecule has 0 bridgehead atoms. The number of benzene rings is 1. The minimum atomic E-state index is -0.858. The minimum absolute atomic E-state index is 0.0463. The molecule has 0 aliphatic rings. The average molecular weight is 264 g/mol. The van der Waals surface area contributed by atoms with Crippen LogP contribution >= 0.6 is 15.9 Å². The summed E-state index contributed by atoms with van der Waals surface area (Å²) < 4.78 is 25.5. The van der Waals surface area contributed by atoms with Gasteiger partial charge in [-0.25, -0.2) is 8.78 Å². The van der Waals surface area contributed by atoms with Gasteiger partial charge < -0.3 is 0 Å². The molecule has 1 rings (SSSR count). The van der Waals surface area contributed by atoms with Gasteiger partial charge in [0.25, 0.3) is 0 Å². The fourth-order valence-electron chi connectivity index (χ4n) is 0.811. The van der Waals surface area contributed by atoms with E-state index in [0.29, 0.717) is 6.20 Å². The van der Waals surface area contributed by atoms with Crippen LogP contribution in [0.2, 0.25) is 0 Å². The Labute approximate surface area is 86.3 Å². The normalized spacial score (nSPS) is 10.8. The summed E-state index contributed by atoms with van der Waals surface area (Å²) in [7, 11) is 0. The number of rotatable bonds is 2. The maximum atomic E-state index is 13.2. The molecule has 3 nitrogen and oxygen atoms in total. The SMILES string of the molecule is O=[N+]([O-])/C=C/c1ccc(F)c(Br)c1F. The zero-order valence-electron chi connectivity index (χ0n) is 6.71. The highest BCUT2D eigenvalue weighted by atomic mass is 79.9. The standard InChI is InChI=1S/C8H4BrF2NO2/c9-7-6(10)2-1-5(8(7)11)3-4-12(13)14/h1-4H/b4-3+. The highest BCUT2D eigenvalue weighted by Gasteiger charge is 2.09. The maximum absolute atomic E-state index is 13.2. The molecule has 74 valence electrons. The third-order valence-electron chi connectivity index (χ3n) is 1.44. The summed E-state index contributed by atoms with van der Waals surface area (Å²) in [5, 5.41) is 9.95. The lowest BCUT2D eigenvalue weighted by Gasteiger charge is -1.99. The van der Waals surface area contributed by atoms with Crippen LogP contribution in [0.25, 0.3) is 6.08 Å². The van der Waals surface area contributed by atoms with Gasteiger partial charge in [0.15, 0.2) is 0 Å². The van der Waals surface area contributed by atoms with Crippen molar-refractivity contribution in [3.05, 3.63) is 50.1 Å². The second kappa shape index (κ2) is 4.28. The molecule has 0 heterocycles. The Morgan fingerprint density at radius 1 is 1.43 bits per heavy atom. The van der Waals surface area contributed by atoms with Crippen molar-refractivity contribution in [3.8, 4) is 0 Å². The Balaban J connectivity index is 3.12. The number of nitro groups is 1. The van der Waals surface area contributed by atoms with Crippen LogP contribution in [-0.4, -0.2) is 4.92 Å². The van der Waals surface area contributed by atoms with Gasteiger partial charge in [0.2, 0.25) is 6.20 Å². The molecule has 0 aliphatic heterocycles. The molecule has 0 saturated carbocycles. The Morgan fingerprint density at radius 3 is 2.64 bits per heavy atom. The monoisotopic (exact) mass is 263 g/mol. The van der Waals surface area contributed by atoms with E-state index in [-0.39, 0.29) is 10.0 Å². The lowest BCUT2D eigenvalue weighted by atomic mass is 10.2. The third-order valence-corrected chi connectivity index (χ3v) is 2.17. The van der Waals surface area contributed by atoms with Gasteiger partial charge >= 0.3 is 0 Å². The molecule has 0 atom stereocenters. The largest absolute Gasteiger partial charge is 0.259 e. The van der Waals surface area contributed by atoms with Gasteiger partial charge in [0.05, 0.1) is 9.40 Å². The first kappa shape index (κ1) is 10.8. The zero-order chi connectivity index (χ0) is 10.7. The Morgan fingerprint density at radius 2 is 2.07 bits per heavy atom. The van der Waals surface area contributed by atoms with E-state index >= 15 is 0 Å². The van der Waals surface area contributed by atoms with E-state index in [1.807, 2.05) is 0 Å². The first-order valence-corrected chi connectivity index (χ1v) is 4.27. The molecule has 0 unspecified atom stereocenters. The summed E-state index contributed by atoms with van der Waals surface area (Å²) in [4.78, 5) is 9.22. The topological polar surface area (TPSA) is 43.1 Å². The van der Waals surface area contributed by atoms with Crippen molar-refractivity contribution in [2.24, 2.45) is 0 Å². The summed E-state index contributed by atoms with van der Waals surface area (Å²) in [5.74, 6) is -1.61. The Kier molecular flexibility index (Phi) is 3.29. The van der Waals surface area contributed by atoms with E-state index in [1.165, 1.54) is 0 Å². The van der Waals surface area contributed by atoms with Gasteiger partial charge in [-0.15, -0.1) is 0 Å². The molecule has 14 heavy (non-hydrogen) atoms. The van der Waals surface area contributed by atoms with Gasteiger partial charge in [-0.1, -0.05) is 0 Å². The van der Waals surface area contributed by atoms with Crippen LogP contribution in [0.3, 0.4) is 0 Å². The van der Waals surface area contributed by atoms with Crippen molar-refractivity contribution in [2.75, 3.05) is 0 Å². The number of hydrogen-bond acceptors (Lipinski definition) is 2. The molecule has 0 amide bonds. The maximum Gasteiger partial charge on any atom is 0.235 e. The first-order chi connectivity index (χ1) is 6.52. The molecule has 0 aromatic heterocycles. The smallest absolute Gasteiger partial charge is 0.235 e. The summed E-state index contributed by atoms with van der Waals surface area (Å²) in [6.45, 7) is 0. The van der Waals surface area contributed by atoms with E-state index in [4.69, 9.17) is 0 Å². The predicted octanol–water partition coefficient (Wildman–Crippen LogP) is 2.97. The van der Waals surface area contributed by atoms with E-state index in [9.17, 15) is 18.9 Å². The lowest BCUT2D eigenvalue weighted by Crippen LogP contribution is -1.89. The van der Waals surface area contributed by atoms with Gasteiger partial charge in [-0.2, -0.15) is 0 Å². The van der Waals surface area contributed by atoms with Gasteiger partial charge in [0, 0.05) is 11.6 Å². The molecule has 0 radical (unpaired) electrons. The molecule has 0 N–H and O–H groups in total. The highest BCUT2D eigenvalue weighted by molar-refractivity contribution is 9.10. The highest BCUT2D eigenvalue weighted by Crippen LogP contribution is 2.23. The van der Waals surface area contributed by atoms with Crippen molar-refractivity contribution < 1.29 is 13.7 Å². The van der Waals surface area contributed by atoms with Gasteiger partial charge in [-0.3, -0.25) is 10.1 Å². The van der Waals surface area contributed by atoms with Crippen LogP contribution < -0.4 is 0 Å². The molecule has 1 aromatic carbocycles. The average Bonchev–Trinajstić information content (AvgIpc) is 2.13. The molecule has 0 aliphatic carbocycles. The molecule has 0 fully saturated rings. The zero-order valence-corrected chi connectivity index (χ0v) is 8.29. The van der Waals surface area contributed by atoms with Crippen molar-refractivity contribution >= 4 is 22.0 Å². The van der Waals surface area contributed by atoms with Crippen molar-refractivity contribution in [1.82, 2.24) is 0 Å². The summed E-state index contributed by atoms with van der Waals surface area (Å²) in [6.07, 6.45) is 1.54. The first-order valence-electron chi connectivity index (χ1n) is 3.47.